The van der Waals surface area contributed by atoms with Crippen LogP contribution in [0.15, 0.2) is 42.6 Å². The lowest BCUT2D eigenvalue weighted by Crippen LogP contribution is -2.25. The Morgan fingerprint density at radius 2 is 2.12 bits per heavy atom. The maximum Gasteiger partial charge on any atom is 0.341 e. The van der Waals surface area contributed by atoms with Crippen molar-refractivity contribution in [1.82, 2.24) is 9.88 Å². The van der Waals surface area contributed by atoms with E-state index in [2.05, 4.69) is 9.88 Å². The van der Waals surface area contributed by atoms with Gasteiger partial charge in [-0.1, -0.05) is 6.07 Å². The lowest BCUT2D eigenvalue weighted by atomic mass is 10.1. The zero-order valence-electron chi connectivity index (χ0n) is 14.7. The lowest BCUT2D eigenvalue weighted by Gasteiger charge is -2.22. The van der Waals surface area contributed by atoms with Gasteiger partial charge in [0.05, 0.1) is 11.8 Å². The number of carboxylic acids is 1. The number of carboxylic acid groups (broad SMARTS) is 1. The normalized spacial score (nSPS) is 18.3. The largest absolute Gasteiger partial charge is 0.482 e. The number of pyridine rings is 1. The average Bonchev–Trinajstić information content (AvgIpc) is 2.85. The lowest BCUT2D eigenvalue weighted by molar-refractivity contribution is -0.139. The molecule has 1 atom stereocenters. The number of hydrogen-bond acceptors (Lipinski definition) is 5. The summed E-state index contributed by atoms with van der Waals surface area (Å²) in [6, 6.07) is 11.5. The molecule has 0 unspecified atom stereocenters. The van der Waals surface area contributed by atoms with Gasteiger partial charge in [-0.05, 0) is 56.1 Å². The van der Waals surface area contributed by atoms with Crippen molar-refractivity contribution < 1.29 is 19.7 Å². The van der Waals surface area contributed by atoms with Crippen LogP contribution in [0.4, 0.5) is 0 Å². The van der Waals surface area contributed by atoms with Gasteiger partial charge in [-0.3, -0.25) is 9.88 Å². The predicted octanol–water partition coefficient (Wildman–Crippen LogP) is 2.56. The number of aliphatic hydroxyl groups excluding tert-OH is 1. The number of aliphatic carboxylic acids is 1. The molecule has 1 saturated heterocycles. The molecule has 0 radical (unpaired) electrons. The average molecular weight is 356 g/mol. The molecule has 1 fully saturated rings. The molecule has 138 valence electrons. The third-order valence-corrected chi connectivity index (χ3v) is 4.56. The summed E-state index contributed by atoms with van der Waals surface area (Å²) in [6.07, 6.45) is 4.05. The van der Waals surface area contributed by atoms with Crippen LogP contribution < -0.4 is 4.74 Å². The number of benzene rings is 1. The molecule has 2 heterocycles. The summed E-state index contributed by atoms with van der Waals surface area (Å²) in [7, 11) is 0. The summed E-state index contributed by atoms with van der Waals surface area (Å²) in [4.78, 5) is 17.5. The summed E-state index contributed by atoms with van der Waals surface area (Å²) in [5, 5.41) is 18.8. The van der Waals surface area contributed by atoms with Crippen LogP contribution in [0.25, 0.3) is 11.3 Å². The highest BCUT2D eigenvalue weighted by Crippen LogP contribution is 2.27. The van der Waals surface area contributed by atoms with E-state index in [-0.39, 0.29) is 12.7 Å². The molecule has 6 nitrogen and oxygen atoms in total. The van der Waals surface area contributed by atoms with Crippen molar-refractivity contribution in [3.8, 4) is 17.0 Å². The van der Waals surface area contributed by atoms with Gasteiger partial charge in [-0.2, -0.15) is 0 Å². The van der Waals surface area contributed by atoms with Crippen LogP contribution in [0.1, 0.15) is 24.8 Å². The third-order valence-electron chi connectivity index (χ3n) is 4.56. The smallest absolute Gasteiger partial charge is 0.341 e. The summed E-state index contributed by atoms with van der Waals surface area (Å²) < 4.78 is 5.49. The molecule has 0 aliphatic carbocycles. The number of likely N-dealkylation sites (tertiary alicyclic amines) is 1. The molecule has 26 heavy (non-hydrogen) atoms. The molecular formula is C20H24N2O4. The van der Waals surface area contributed by atoms with Gasteiger partial charge in [0.2, 0.25) is 0 Å². The van der Waals surface area contributed by atoms with E-state index in [0.717, 1.165) is 49.2 Å². The fourth-order valence-electron chi connectivity index (χ4n) is 3.21. The standard InChI is InChI=1S/C20H24N2O4/c23-17-4-3-10-22(11-8-17)13-16-12-15(18-5-1-2-9-21-18)6-7-19(16)26-14-20(24)25/h1-2,5-7,9,12,17,23H,3-4,8,10-11,13-14H2,(H,24,25)/t17-/m0/s1. The summed E-state index contributed by atoms with van der Waals surface area (Å²) >= 11 is 0. The van der Waals surface area contributed by atoms with Crippen LogP contribution in [-0.4, -0.2) is 51.9 Å². The maximum atomic E-state index is 10.9. The highest BCUT2D eigenvalue weighted by molar-refractivity contribution is 5.69. The first-order valence-electron chi connectivity index (χ1n) is 8.91. The fourth-order valence-corrected chi connectivity index (χ4v) is 3.21. The van der Waals surface area contributed by atoms with Crippen LogP contribution in [-0.2, 0) is 11.3 Å². The van der Waals surface area contributed by atoms with Gasteiger partial charge in [-0.25, -0.2) is 4.79 Å². The second-order valence-corrected chi connectivity index (χ2v) is 6.58. The van der Waals surface area contributed by atoms with E-state index in [1.54, 1.807) is 6.20 Å². The van der Waals surface area contributed by atoms with Gasteiger partial charge in [0.15, 0.2) is 6.61 Å². The number of nitrogens with zero attached hydrogens (tertiary/aromatic N) is 2. The highest BCUT2D eigenvalue weighted by Gasteiger charge is 2.17. The van der Waals surface area contributed by atoms with Crippen molar-refractivity contribution >= 4 is 5.97 Å². The molecule has 2 N–H and O–H groups in total. The zero-order valence-corrected chi connectivity index (χ0v) is 14.7. The minimum Gasteiger partial charge on any atom is -0.482 e. The molecule has 0 bridgehead atoms. The van der Waals surface area contributed by atoms with E-state index in [9.17, 15) is 9.90 Å². The van der Waals surface area contributed by atoms with Crippen LogP contribution >= 0.6 is 0 Å². The van der Waals surface area contributed by atoms with E-state index >= 15 is 0 Å². The second-order valence-electron chi connectivity index (χ2n) is 6.58. The van der Waals surface area contributed by atoms with Gasteiger partial charge in [0.1, 0.15) is 5.75 Å². The van der Waals surface area contributed by atoms with Crippen LogP contribution in [0, 0.1) is 0 Å². The van der Waals surface area contributed by atoms with E-state index in [0.29, 0.717) is 12.3 Å². The Labute approximate surface area is 153 Å². The molecular weight excluding hydrogens is 332 g/mol. The topological polar surface area (TPSA) is 82.9 Å². The Morgan fingerprint density at radius 1 is 1.23 bits per heavy atom. The first-order chi connectivity index (χ1) is 12.6. The van der Waals surface area contributed by atoms with Crippen molar-refractivity contribution in [3.63, 3.8) is 0 Å². The van der Waals surface area contributed by atoms with Gasteiger partial charge in [0, 0.05) is 30.4 Å². The van der Waals surface area contributed by atoms with E-state index in [4.69, 9.17) is 9.84 Å². The number of rotatable bonds is 6. The highest BCUT2D eigenvalue weighted by atomic mass is 16.5. The van der Waals surface area contributed by atoms with Gasteiger partial charge < -0.3 is 14.9 Å². The van der Waals surface area contributed by atoms with Gasteiger partial charge in [0.25, 0.3) is 0 Å². The first kappa shape index (κ1) is 18.4. The number of carbonyl (C=O) groups is 1. The molecule has 1 aliphatic rings. The second kappa shape index (κ2) is 8.78. The van der Waals surface area contributed by atoms with Crippen LogP contribution in [0.5, 0.6) is 5.75 Å². The van der Waals surface area contributed by atoms with E-state index in [1.165, 1.54) is 0 Å². The maximum absolute atomic E-state index is 10.9. The number of aromatic nitrogens is 1. The van der Waals surface area contributed by atoms with Crippen molar-refractivity contribution in [2.24, 2.45) is 0 Å². The molecule has 0 amide bonds. The molecule has 2 aromatic rings. The fraction of sp³-hybridized carbons (Fsp3) is 0.400. The summed E-state index contributed by atoms with van der Waals surface area (Å²) in [6.45, 7) is 2.01. The summed E-state index contributed by atoms with van der Waals surface area (Å²) in [5.41, 5.74) is 2.77. The molecule has 1 aromatic heterocycles. The molecule has 1 aromatic carbocycles. The minimum absolute atomic E-state index is 0.234. The van der Waals surface area contributed by atoms with Crippen molar-refractivity contribution in [2.45, 2.75) is 31.9 Å². The Balaban J connectivity index is 1.84. The van der Waals surface area contributed by atoms with Crippen LogP contribution in [0.2, 0.25) is 0 Å². The number of aliphatic hydroxyl groups is 1. The molecule has 1 aliphatic heterocycles. The molecule has 0 spiro atoms. The van der Waals surface area contributed by atoms with Crippen molar-refractivity contribution in [2.75, 3.05) is 19.7 Å². The Hall–Kier alpha value is -2.44. The van der Waals surface area contributed by atoms with Gasteiger partial charge >= 0.3 is 5.97 Å². The summed E-state index contributed by atoms with van der Waals surface area (Å²) in [5.74, 6) is -0.417. The zero-order chi connectivity index (χ0) is 18.4. The Bertz CT molecular complexity index is 736. The van der Waals surface area contributed by atoms with Crippen molar-refractivity contribution in [1.29, 1.82) is 0 Å². The SMILES string of the molecule is O=C(O)COc1ccc(-c2ccccn2)cc1CN1CCC[C@H](O)CC1. The minimum atomic E-state index is -0.998. The first-order valence-corrected chi connectivity index (χ1v) is 8.91. The monoisotopic (exact) mass is 356 g/mol. The van der Waals surface area contributed by atoms with E-state index < -0.39 is 5.97 Å². The third kappa shape index (κ3) is 5.03. The van der Waals surface area contributed by atoms with E-state index in [1.807, 2.05) is 36.4 Å². The molecule has 3 rings (SSSR count). The predicted molar refractivity (Wildman–Crippen MR) is 97.9 cm³/mol. The molecule has 6 heteroatoms. The van der Waals surface area contributed by atoms with Crippen molar-refractivity contribution in [3.05, 3.63) is 48.2 Å². The quantitative estimate of drug-likeness (QED) is 0.828. The Kier molecular flexibility index (Phi) is 6.20. The Morgan fingerprint density at radius 3 is 2.88 bits per heavy atom. The van der Waals surface area contributed by atoms with Crippen LogP contribution in [0.3, 0.4) is 0 Å². The molecule has 0 saturated carbocycles. The number of hydrogen-bond donors (Lipinski definition) is 2. The van der Waals surface area contributed by atoms with Gasteiger partial charge in [-0.15, -0.1) is 0 Å². The number of ether oxygens (including phenoxy) is 1.